The molecule has 1 aliphatic heterocycles. The SMILES string of the molecule is CCCCOc1nc(N)c2ncc(Cc3ccc(CN4CCN(CCCC)CC4)cc3)n2n1. The average Bonchev–Trinajstić information content (AvgIpc) is 3.23. The first kappa shape index (κ1) is 23.4. The Morgan fingerprint density at radius 3 is 2.36 bits per heavy atom. The number of fused-ring (bicyclic) bond motifs is 1. The first-order valence-electron chi connectivity index (χ1n) is 12.3. The number of unbranched alkanes of at least 4 members (excludes halogenated alkanes) is 2. The van der Waals surface area contributed by atoms with E-state index in [1.165, 1.54) is 43.6 Å². The minimum Gasteiger partial charge on any atom is -0.462 e. The van der Waals surface area contributed by atoms with Crippen molar-refractivity contribution in [3.63, 3.8) is 0 Å². The Kier molecular flexibility index (Phi) is 8.12. The molecule has 0 spiro atoms. The van der Waals surface area contributed by atoms with Crippen LogP contribution in [0.3, 0.4) is 0 Å². The van der Waals surface area contributed by atoms with E-state index in [9.17, 15) is 0 Å². The molecule has 0 aliphatic carbocycles. The summed E-state index contributed by atoms with van der Waals surface area (Å²) in [6, 6.07) is 9.19. The number of imidazole rings is 1. The Hall–Kier alpha value is -2.71. The number of rotatable bonds is 11. The van der Waals surface area contributed by atoms with Crippen LogP contribution in [0.15, 0.2) is 30.5 Å². The van der Waals surface area contributed by atoms with Gasteiger partial charge in [-0.2, -0.15) is 4.98 Å². The number of benzene rings is 1. The zero-order valence-corrected chi connectivity index (χ0v) is 20.0. The Morgan fingerprint density at radius 1 is 0.939 bits per heavy atom. The smallest absolute Gasteiger partial charge is 0.336 e. The van der Waals surface area contributed by atoms with Crippen LogP contribution in [0.4, 0.5) is 5.82 Å². The number of ether oxygens (including phenoxy) is 1. The highest BCUT2D eigenvalue weighted by Gasteiger charge is 2.17. The molecule has 2 N–H and O–H groups in total. The molecule has 1 saturated heterocycles. The first-order chi connectivity index (χ1) is 16.2. The molecule has 8 nitrogen and oxygen atoms in total. The van der Waals surface area contributed by atoms with Crippen LogP contribution in [0, 0.1) is 0 Å². The van der Waals surface area contributed by atoms with E-state index >= 15 is 0 Å². The Bertz CT molecular complexity index is 1010. The van der Waals surface area contributed by atoms with Gasteiger partial charge in [0.15, 0.2) is 11.5 Å². The minimum atomic E-state index is 0.304. The molecule has 0 atom stereocenters. The minimum absolute atomic E-state index is 0.304. The normalized spacial score (nSPS) is 15.3. The maximum Gasteiger partial charge on any atom is 0.336 e. The lowest BCUT2D eigenvalue weighted by atomic mass is 10.1. The van der Waals surface area contributed by atoms with Gasteiger partial charge in [0.05, 0.1) is 18.5 Å². The number of aromatic nitrogens is 4. The number of anilines is 1. The van der Waals surface area contributed by atoms with Crippen molar-refractivity contribution in [1.82, 2.24) is 29.4 Å². The van der Waals surface area contributed by atoms with E-state index in [2.05, 4.69) is 63.0 Å². The van der Waals surface area contributed by atoms with Gasteiger partial charge in [0.2, 0.25) is 0 Å². The van der Waals surface area contributed by atoms with E-state index in [4.69, 9.17) is 10.5 Å². The van der Waals surface area contributed by atoms with Crippen molar-refractivity contribution in [1.29, 1.82) is 0 Å². The molecule has 2 aromatic heterocycles. The fourth-order valence-corrected chi connectivity index (χ4v) is 4.20. The Morgan fingerprint density at radius 2 is 1.64 bits per heavy atom. The van der Waals surface area contributed by atoms with Gasteiger partial charge in [-0.05, 0) is 30.5 Å². The summed E-state index contributed by atoms with van der Waals surface area (Å²) in [6.45, 7) is 11.9. The lowest BCUT2D eigenvalue weighted by molar-refractivity contribution is 0.126. The van der Waals surface area contributed by atoms with Crippen LogP contribution in [0.5, 0.6) is 6.01 Å². The van der Waals surface area contributed by atoms with Crippen LogP contribution < -0.4 is 10.5 Å². The largest absolute Gasteiger partial charge is 0.462 e. The first-order valence-corrected chi connectivity index (χ1v) is 12.3. The second kappa shape index (κ2) is 11.4. The van der Waals surface area contributed by atoms with E-state index in [1.54, 1.807) is 4.52 Å². The van der Waals surface area contributed by atoms with Crippen molar-refractivity contribution in [3.05, 3.63) is 47.3 Å². The third kappa shape index (κ3) is 6.21. The van der Waals surface area contributed by atoms with Gasteiger partial charge in [0, 0.05) is 39.1 Å². The molecule has 33 heavy (non-hydrogen) atoms. The second-order valence-corrected chi connectivity index (χ2v) is 8.93. The zero-order chi connectivity index (χ0) is 23.0. The fourth-order valence-electron chi connectivity index (χ4n) is 4.20. The summed E-state index contributed by atoms with van der Waals surface area (Å²) in [4.78, 5) is 13.8. The van der Waals surface area contributed by atoms with Crippen molar-refractivity contribution in [2.45, 2.75) is 52.5 Å². The molecule has 1 aliphatic rings. The quantitative estimate of drug-likeness (QED) is 0.447. The molecule has 178 valence electrons. The number of hydrogen-bond acceptors (Lipinski definition) is 7. The molecular formula is C25H37N7O. The predicted molar refractivity (Wildman–Crippen MR) is 131 cm³/mol. The number of hydrogen-bond donors (Lipinski definition) is 1. The highest BCUT2D eigenvalue weighted by Crippen LogP contribution is 2.18. The summed E-state index contributed by atoms with van der Waals surface area (Å²) in [5, 5.41) is 4.51. The van der Waals surface area contributed by atoms with Gasteiger partial charge in [-0.1, -0.05) is 51.0 Å². The molecule has 0 unspecified atom stereocenters. The van der Waals surface area contributed by atoms with Gasteiger partial charge in [-0.3, -0.25) is 4.90 Å². The molecule has 8 heteroatoms. The second-order valence-electron chi connectivity index (χ2n) is 8.93. The summed E-state index contributed by atoms with van der Waals surface area (Å²) < 4.78 is 7.42. The summed E-state index contributed by atoms with van der Waals surface area (Å²) in [6.07, 6.45) is 7.14. The van der Waals surface area contributed by atoms with Crippen LogP contribution in [-0.2, 0) is 13.0 Å². The summed E-state index contributed by atoms with van der Waals surface area (Å²) in [7, 11) is 0. The molecule has 0 radical (unpaired) electrons. The molecule has 1 fully saturated rings. The molecular weight excluding hydrogens is 414 g/mol. The van der Waals surface area contributed by atoms with Gasteiger partial charge in [0.1, 0.15) is 0 Å². The van der Waals surface area contributed by atoms with Crippen molar-refractivity contribution in [3.8, 4) is 6.01 Å². The van der Waals surface area contributed by atoms with Gasteiger partial charge in [-0.15, -0.1) is 5.10 Å². The number of piperazine rings is 1. The predicted octanol–water partition coefficient (Wildman–Crippen LogP) is 3.39. The Balaban J connectivity index is 1.36. The molecule has 3 aromatic rings. The lowest BCUT2D eigenvalue weighted by Crippen LogP contribution is -2.46. The van der Waals surface area contributed by atoms with Crippen LogP contribution >= 0.6 is 0 Å². The molecule has 0 amide bonds. The van der Waals surface area contributed by atoms with Crippen molar-refractivity contribution >= 4 is 11.5 Å². The van der Waals surface area contributed by atoms with Crippen molar-refractivity contribution in [2.75, 3.05) is 45.1 Å². The third-order valence-electron chi connectivity index (χ3n) is 6.28. The van der Waals surface area contributed by atoms with E-state index in [0.717, 1.165) is 44.6 Å². The van der Waals surface area contributed by atoms with Crippen molar-refractivity contribution in [2.24, 2.45) is 0 Å². The maximum atomic E-state index is 6.09. The van der Waals surface area contributed by atoms with Gasteiger partial charge < -0.3 is 15.4 Å². The number of nitrogens with two attached hydrogens (primary N) is 1. The summed E-state index contributed by atoms with van der Waals surface area (Å²) >= 11 is 0. The molecule has 1 aromatic carbocycles. The van der Waals surface area contributed by atoms with E-state index in [0.29, 0.717) is 24.1 Å². The van der Waals surface area contributed by atoms with Gasteiger partial charge in [-0.25, -0.2) is 9.50 Å². The molecule has 4 rings (SSSR count). The summed E-state index contributed by atoms with van der Waals surface area (Å²) in [5.74, 6) is 0.341. The van der Waals surface area contributed by atoms with E-state index in [1.807, 2.05) is 6.20 Å². The topological polar surface area (TPSA) is 84.8 Å². The monoisotopic (exact) mass is 451 g/mol. The van der Waals surface area contributed by atoms with Crippen LogP contribution in [-0.4, -0.2) is 68.7 Å². The van der Waals surface area contributed by atoms with Crippen LogP contribution in [0.2, 0.25) is 0 Å². The number of nitrogens with zero attached hydrogens (tertiary/aromatic N) is 6. The highest BCUT2D eigenvalue weighted by atomic mass is 16.5. The molecule has 3 heterocycles. The Labute approximate surface area is 196 Å². The average molecular weight is 452 g/mol. The third-order valence-corrected chi connectivity index (χ3v) is 6.28. The number of nitrogen functional groups attached to an aromatic ring is 1. The molecule has 0 saturated carbocycles. The van der Waals surface area contributed by atoms with Crippen molar-refractivity contribution < 1.29 is 4.74 Å². The van der Waals surface area contributed by atoms with E-state index in [-0.39, 0.29) is 0 Å². The fraction of sp³-hybridized carbons (Fsp3) is 0.560. The van der Waals surface area contributed by atoms with Gasteiger partial charge >= 0.3 is 6.01 Å². The van der Waals surface area contributed by atoms with Crippen LogP contribution in [0.1, 0.15) is 56.4 Å². The highest BCUT2D eigenvalue weighted by molar-refractivity contribution is 5.59. The lowest BCUT2D eigenvalue weighted by Gasteiger charge is -2.34. The summed E-state index contributed by atoms with van der Waals surface area (Å²) in [5.41, 5.74) is 10.2. The van der Waals surface area contributed by atoms with Gasteiger partial charge in [0.25, 0.3) is 0 Å². The van der Waals surface area contributed by atoms with Crippen LogP contribution in [0.25, 0.3) is 5.65 Å². The maximum absolute atomic E-state index is 6.09. The van der Waals surface area contributed by atoms with E-state index < -0.39 is 0 Å². The zero-order valence-electron chi connectivity index (χ0n) is 20.0. The molecule has 0 bridgehead atoms. The standard InChI is InChI=1S/C25H37N7O/c1-3-5-11-30-12-14-31(15-13-30)19-21-9-7-20(8-10-21)17-22-18-27-24-23(26)28-25(29-32(22)24)33-16-6-4-2/h7-10,18H,3-6,11-17,19H2,1-2H3,(H2,26,28,29).